The van der Waals surface area contributed by atoms with Gasteiger partial charge in [-0.2, -0.15) is 0 Å². The van der Waals surface area contributed by atoms with Crippen molar-refractivity contribution in [1.82, 2.24) is 15.3 Å². The zero-order valence-corrected chi connectivity index (χ0v) is 11.4. The standard InChI is InChI=1S/C14H13ClN4O/c15-12-5-7-17-14(18-12)19-13(20)11-3-1-2-9-8-16-6-4-10(9)11/h1-3,5,7,16H,4,6,8H2,(H,17,18,19,20). The maximum atomic E-state index is 12.3. The van der Waals surface area contributed by atoms with E-state index < -0.39 is 0 Å². The highest BCUT2D eigenvalue weighted by molar-refractivity contribution is 6.29. The summed E-state index contributed by atoms with van der Waals surface area (Å²) in [6, 6.07) is 7.31. The van der Waals surface area contributed by atoms with Crippen LogP contribution in [0.25, 0.3) is 0 Å². The normalized spacial score (nSPS) is 13.7. The van der Waals surface area contributed by atoms with E-state index in [9.17, 15) is 4.79 Å². The number of carbonyl (C=O) groups is 1. The Kier molecular flexibility index (Phi) is 3.62. The summed E-state index contributed by atoms with van der Waals surface area (Å²) in [6.07, 6.45) is 2.35. The van der Waals surface area contributed by atoms with Gasteiger partial charge in [0.15, 0.2) is 0 Å². The average molecular weight is 289 g/mol. The Bertz CT molecular complexity index is 659. The van der Waals surface area contributed by atoms with Gasteiger partial charge in [0.1, 0.15) is 5.15 Å². The van der Waals surface area contributed by atoms with Crippen molar-refractivity contribution in [2.24, 2.45) is 0 Å². The van der Waals surface area contributed by atoms with E-state index in [0.717, 1.165) is 30.6 Å². The van der Waals surface area contributed by atoms with Gasteiger partial charge in [-0.25, -0.2) is 9.97 Å². The summed E-state index contributed by atoms with van der Waals surface area (Å²) in [4.78, 5) is 20.3. The van der Waals surface area contributed by atoms with Crippen LogP contribution in [0.15, 0.2) is 30.5 Å². The molecule has 0 unspecified atom stereocenters. The Hall–Kier alpha value is -1.98. The van der Waals surface area contributed by atoms with E-state index in [1.807, 2.05) is 18.2 Å². The molecular weight excluding hydrogens is 276 g/mol. The minimum atomic E-state index is -0.203. The van der Waals surface area contributed by atoms with E-state index in [0.29, 0.717) is 10.7 Å². The monoisotopic (exact) mass is 288 g/mol. The number of rotatable bonds is 2. The molecule has 1 aromatic heterocycles. The van der Waals surface area contributed by atoms with Crippen molar-refractivity contribution in [2.45, 2.75) is 13.0 Å². The van der Waals surface area contributed by atoms with Crippen molar-refractivity contribution >= 4 is 23.5 Å². The van der Waals surface area contributed by atoms with E-state index in [1.165, 1.54) is 6.20 Å². The third kappa shape index (κ3) is 2.64. The maximum absolute atomic E-state index is 12.3. The van der Waals surface area contributed by atoms with Crippen molar-refractivity contribution < 1.29 is 4.79 Å². The van der Waals surface area contributed by atoms with Gasteiger partial charge in [-0.1, -0.05) is 23.7 Å². The number of nitrogens with zero attached hydrogens (tertiary/aromatic N) is 2. The number of hydrogen-bond donors (Lipinski definition) is 2. The molecule has 0 fully saturated rings. The number of anilines is 1. The minimum absolute atomic E-state index is 0.203. The molecule has 0 saturated heterocycles. The zero-order chi connectivity index (χ0) is 13.9. The molecule has 1 aromatic carbocycles. The van der Waals surface area contributed by atoms with Crippen LogP contribution in [0.2, 0.25) is 5.15 Å². The second kappa shape index (κ2) is 5.56. The van der Waals surface area contributed by atoms with E-state index in [2.05, 4.69) is 20.6 Å². The van der Waals surface area contributed by atoms with Crippen LogP contribution in [0.5, 0.6) is 0 Å². The first-order valence-electron chi connectivity index (χ1n) is 6.35. The van der Waals surface area contributed by atoms with Gasteiger partial charge in [0.05, 0.1) is 0 Å². The fraction of sp³-hybridized carbons (Fsp3) is 0.214. The lowest BCUT2D eigenvalue weighted by molar-refractivity contribution is 0.102. The summed E-state index contributed by atoms with van der Waals surface area (Å²) in [5.41, 5.74) is 2.93. The summed E-state index contributed by atoms with van der Waals surface area (Å²) >= 11 is 5.78. The summed E-state index contributed by atoms with van der Waals surface area (Å²) in [5.74, 6) is 0.0139. The van der Waals surface area contributed by atoms with Crippen LogP contribution in [-0.2, 0) is 13.0 Å². The molecule has 1 aliphatic heterocycles. The lowest BCUT2D eigenvalue weighted by atomic mass is 9.95. The second-order valence-corrected chi connectivity index (χ2v) is 4.91. The van der Waals surface area contributed by atoms with Gasteiger partial charge in [0, 0.05) is 18.3 Å². The Morgan fingerprint density at radius 3 is 3.10 bits per heavy atom. The molecular formula is C14H13ClN4O. The van der Waals surface area contributed by atoms with Gasteiger partial charge in [-0.15, -0.1) is 0 Å². The van der Waals surface area contributed by atoms with Crippen LogP contribution in [0.3, 0.4) is 0 Å². The minimum Gasteiger partial charge on any atom is -0.312 e. The van der Waals surface area contributed by atoms with E-state index in [4.69, 9.17) is 11.6 Å². The highest BCUT2D eigenvalue weighted by Crippen LogP contribution is 2.19. The smallest absolute Gasteiger partial charge is 0.258 e. The molecule has 2 N–H and O–H groups in total. The van der Waals surface area contributed by atoms with Crippen LogP contribution in [0.1, 0.15) is 21.5 Å². The molecule has 0 spiro atoms. The number of benzene rings is 1. The summed E-state index contributed by atoms with van der Waals surface area (Å²) in [6.45, 7) is 1.68. The highest BCUT2D eigenvalue weighted by atomic mass is 35.5. The fourth-order valence-electron chi connectivity index (χ4n) is 2.31. The number of amides is 1. The molecule has 1 aliphatic rings. The third-order valence-corrected chi connectivity index (χ3v) is 3.44. The van der Waals surface area contributed by atoms with E-state index in [1.54, 1.807) is 6.07 Å². The maximum Gasteiger partial charge on any atom is 0.258 e. The fourth-order valence-corrected chi connectivity index (χ4v) is 2.45. The lowest BCUT2D eigenvalue weighted by Crippen LogP contribution is -2.26. The molecule has 2 heterocycles. The number of nitrogens with one attached hydrogen (secondary N) is 2. The van der Waals surface area contributed by atoms with Crippen LogP contribution < -0.4 is 10.6 Å². The molecule has 0 saturated carbocycles. The first-order chi connectivity index (χ1) is 9.74. The van der Waals surface area contributed by atoms with Crippen LogP contribution in [0.4, 0.5) is 5.95 Å². The molecule has 20 heavy (non-hydrogen) atoms. The Balaban J connectivity index is 1.88. The molecule has 1 amide bonds. The molecule has 0 atom stereocenters. The largest absolute Gasteiger partial charge is 0.312 e. The van der Waals surface area contributed by atoms with Crippen LogP contribution in [-0.4, -0.2) is 22.4 Å². The topological polar surface area (TPSA) is 66.9 Å². The summed E-state index contributed by atoms with van der Waals surface area (Å²) < 4.78 is 0. The van der Waals surface area contributed by atoms with Gasteiger partial charge in [-0.05, 0) is 36.2 Å². The van der Waals surface area contributed by atoms with Crippen molar-refractivity contribution in [3.8, 4) is 0 Å². The Morgan fingerprint density at radius 1 is 1.35 bits per heavy atom. The quantitative estimate of drug-likeness (QED) is 0.830. The van der Waals surface area contributed by atoms with Gasteiger partial charge in [-0.3, -0.25) is 10.1 Å². The average Bonchev–Trinajstić information content (AvgIpc) is 2.46. The van der Waals surface area contributed by atoms with E-state index in [-0.39, 0.29) is 11.9 Å². The van der Waals surface area contributed by atoms with Crippen molar-refractivity contribution in [3.63, 3.8) is 0 Å². The lowest BCUT2D eigenvalue weighted by Gasteiger charge is -2.19. The van der Waals surface area contributed by atoms with Crippen molar-refractivity contribution in [3.05, 3.63) is 52.3 Å². The van der Waals surface area contributed by atoms with Gasteiger partial charge in [0.25, 0.3) is 5.91 Å². The summed E-state index contributed by atoms with van der Waals surface area (Å²) in [7, 11) is 0. The molecule has 3 rings (SSSR count). The van der Waals surface area contributed by atoms with Crippen LogP contribution >= 0.6 is 11.6 Å². The van der Waals surface area contributed by atoms with Gasteiger partial charge in [0.2, 0.25) is 5.95 Å². The SMILES string of the molecule is O=C(Nc1nccc(Cl)n1)c1cccc2c1CCNC2. The number of halogens is 1. The molecule has 0 radical (unpaired) electrons. The van der Waals surface area contributed by atoms with Gasteiger partial charge < -0.3 is 5.32 Å². The Labute approximate surface area is 121 Å². The number of carbonyl (C=O) groups excluding carboxylic acids is 1. The van der Waals surface area contributed by atoms with E-state index >= 15 is 0 Å². The third-order valence-electron chi connectivity index (χ3n) is 3.23. The van der Waals surface area contributed by atoms with Crippen molar-refractivity contribution in [1.29, 1.82) is 0 Å². The number of hydrogen-bond acceptors (Lipinski definition) is 4. The highest BCUT2D eigenvalue weighted by Gasteiger charge is 2.17. The molecule has 5 nitrogen and oxygen atoms in total. The second-order valence-electron chi connectivity index (χ2n) is 4.53. The molecule has 102 valence electrons. The predicted octanol–water partition coefficient (Wildman–Crippen LogP) is 2.03. The Morgan fingerprint density at radius 2 is 2.25 bits per heavy atom. The molecule has 6 heteroatoms. The zero-order valence-electron chi connectivity index (χ0n) is 10.7. The summed E-state index contributed by atoms with van der Waals surface area (Å²) in [5, 5.41) is 6.27. The first kappa shape index (κ1) is 13.0. The van der Waals surface area contributed by atoms with Gasteiger partial charge >= 0.3 is 0 Å². The number of aromatic nitrogens is 2. The molecule has 0 aliphatic carbocycles. The molecule has 2 aromatic rings. The van der Waals surface area contributed by atoms with Crippen molar-refractivity contribution in [2.75, 3.05) is 11.9 Å². The van der Waals surface area contributed by atoms with Crippen LogP contribution in [0, 0.1) is 0 Å². The molecule has 0 bridgehead atoms. The first-order valence-corrected chi connectivity index (χ1v) is 6.73. The number of fused-ring (bicyclic) bond motifs is 1. The predicted molar refractivity (Wildman–Crippen MR) is 76.8 cm³/mol.